The van der Waals surface area contributed by atoms with Crippen molar-refractivity contribution in [2.45, 2.75) is 84.2 Å². The van der Waals surface area contributed by atoms with E-state index in [9.17, 15) is 8.42 Å². The first-order valence-electron chi connectivity index (χ1n) is 17.6. The maximum Gasteiger partial charge on any atom is 0.307 e. The molecular formula is C41H43NO8S2. The van der Waals surface area contributed by atoms with Crippen LogP contribution in [0.2, 0.25) is 0 Å². The zero-order valence-corrected chi connectivity index (χ0v) is 30.7. The van der Waals surface area contributed by atoms with Gasteiger partial charge < -0.3 is 23.7 Å². The van der Waals surface area contributed by atoms with Crippen LogP contribution in [0.1, 0.15) is 49.7 Å². The van der Waals surface area contributed by atoms with Crippen LogP contribution in [-0.2, 0) is 29.8 Å². The maximum absolute atomic E-state index is 14.4. The van der Waals surface area contributed by atoms with Gasteiger partial charge in [0.15, 0.2) is 12.6 Å². The molecule has 2 saturated heterocycles. The van der Waals surface area contributed by atoms with Crippen LogP contribution >= 0.6 is 10.3 Å². The Bertz CT molecular complexity index is 1930. The van der Waals surface area contributed by atoms with Gasteiger partial charge in [-0.25, -0.2) is 3.63 Å². The zero-order valence-electron chi connectivity index (χ0n) is 29.1. The molecule has 0 N–H and O–H groups in total. The molecule has 3 heterocycles. The number of aryl methyl sites for hydroxylation is 1. The Morgan fingerprint density at radius 1 is 0.635 bits per heavy atom. The molecule has 52 heavy (non-hydrogen) atoms. The summed E-state index contributed by atoms with van der Waals surface area (Å²) in [4.78, 5) is 6.08. The molecule has 9 nitrogen and oxygen atoms in total. The summed E-state index contributed by atoms with van der Waals surface area (Å²) >= 11 is 0. The van der Waals surface area contributed by atoms with Gasteiger partial charge in [0.1, 0.15) is 23.9 Å². The predicted molar refractivity (Wildman–Crippen MR) is 198 cm³/mol. The topological polar surface area (TPSA) is 102 Å². The molecule has 2 unspecified atom stereocenters. The van der Waals surface area contributed by atoms with Crippen molar-refractivity contribution in [1.82, 2.24) is 4.98 Å². The molecule has 0 aliphatic carbocycles. The minimum absolute atomic E-state index is 0.0591. The molecule has 0 amide bonds. The van der Waals surface area contributed by atoms with Gasteiger partial charge in [0, 0.05) is 39.9 Å². The standard InChI is InChI=1S/C41H43NO8S2/c1-31-11-17-38(18-12-31)52(43,44)50-51(36-19-13-33(14-20-36)48-40-9-2-4-27-45-40,37-21-15-34(16-22-37)49-41-10-3-5-28-46-41)39-8-6-7-35(29-39)47-30-32-23-25-42-26-24-32/h6-8,11-26,29,40-41H,2-5,9-10,27-28,30H2,1H3. The van der Waals surface area contributed by atoms with Gasteiger partial charge in [-0.05, 0) is 139 Å². The summed E-state index contributed by atoms with van der Waals surface area (Å²) in [7, 11) is -7.33. The van der Waals surface area contributed by atoms with Crippen LogP contribution in [0.25, 0.3) is 0 Å². The van der Waals surface area contributed by atoms with Crippen molar-refractivity contribution >= 4 is 20.4 Å². The van der Waals surface area contributed by atoms with Crippen molar-refractivity contribution in [2.75, 3.05) is 13.2 Å². The van der Waals surface area contributed by atoms with E-state index in [0.29, 0.717) is 51.8 Å². The molecule has 0 saturated carbocycles. The summed E-state index contributed by atoms with van der Waals surface area (Å²) in [6.07, 6.45) is 8.49. The molecule has 2 aliphatic rings. The van der Waals surface area contributed by atoms with Gasteiger partial charge in [-0.1, -0.05) is 23.8 Å². The van der Waals surface area contributed by atoms with Crippen LogP contribution in [0.15, 0.2) is 141 Å². The average Bonchev–Trinajstić information content (AvgIpc) is 3.18. The molecule has 2 aliphatic heterocycles. The second-order valence-electron chi connectivity index (χ2n) is 12.8. The molecule has 0 bridgehead atoms. The molecule has 2 fully saturated rings. The highest BCUT2D eigenvalue weighted by atomic mass is 32.3. The predicted octanol–water partition coefficient (Wildman–Crippen LogP) is 9.38. The summed E-state index contributed by atoms with van der Waals surface area (Å²) < 4.78 is 65.7. The van der Waals surface area contributed by atoms with Gasteiger partial charge in [-0.3, -0.25) is 4.98 Å². The third kappa shape index (κ3) is 8.62. The molecule has 7 rings (SSSR count). The van der Waals surface area contributed by atoms with Crippen molar-refractivity contribution < 1.29 is 35.7 Å². The lowest BCUT2D eigenvalue weighted by molar-refractivity contribution is -0.106. The zero-order chi connectivity index (χ0) is 35.8. The SMILES string of the molecule is Cc1ccc(S(=O)(=O)OS(c2ccc(OC3CCCCO3)cc2)(c2ccc(OC3CCCCO3)cc2)c2cccc(OCc3ccncc3)c2)cc1. The van der Waals surface area contributed by atoms with Gasteiger partial charge in [-0.15, -0.1) is 0 Å². The number of hydrogen-bond donors (Lipinski definition) is 0. The average molecular weight is 742 g/mol. The summed E-state index contributed by atoms with van der Waals surface area (Å²) in [5.74, 6) is 1.80. The minimum Gasteiger partial charge on any atom is -0.489 e. The summed E-state index contributed by atoms with van der Waals surface area (Å²) in [6.45, 7) is 3.54. The van der Waals surface area contributed by atoms with Gasteiger partial charge >= 0.3 is 10.1 Å². The second-order valence-corrected chi connectivity index (χ2v) is 17.2. The van der Waals surface area contributed by atoms with E-state index in [1.54, 1.807) is 36.7 Å². The Labute approximate surface area is 307 Å². The molecule has 0 spiro atoms. The molecule has 5 aromatic rings. The first-order valence-corrected chi connectivity index (χ1v) is 20.6. The van der Waals surface area contributed by atoms with Gasteiger partial charge in [0.2, 0.25) is 0 Å². The van der Waals surface area contributed by atoms with Crippen LogP contribution < -0.4 is 14.2 Å². The highest BCUT2D eigenvalue weighted by molar-refractivity contribution is 8.33. The third-order valence-corrected chi connectivity index (χ3v) is 14.1. The van der Waals surface area contributed by atoms with Gasteiger partial charge in [0.25, 0.3) is 0 Å². The van der Waals surface area contributed by atoms with E-state index in [1.165, 1.54) is 0 Å². The van der Waals surface area contributed by atoms with Crippen molar-refractivity contribution in [3.8, 4) is 17.2 Å². The van der Waals surface area contributed by atoms with Crippen molar-refractivity contribution in [1.29, 1.82) is 0 Å². The van der Waals surface area contributed by atoms with E-state index in [1.807, 2.05) is 91.9 Å². The molecule has 11 heteroatoms. The lowest BCUT2D eigenvalue weighted by Crippen LogP contribution is -2.25. The van der Waals surface area contributed by atoms with E-state index < -0.39 is 20.4 Å². The number of rotatable bonds is 13. The first-order chi connectivity index (χ1) is 25.4. The highest BCUT2D eigenvalue weighted by Crippen LogP contribution is 2.71. The normalized spacial score (nSPS) is 19.6. The van der Waals surface area contributed by atoms with Crippen LogP contribution in [-0.4, -0.2) is 39.2 Å². The van der Waals surface area contributed by atoms with Crippen molar-refractivity contribution in [3.05, 3.63) is 133 Å². The molecule has 1 aromatic heterocycles. The Morgan fingerprint density at radius 3 is 1.73 bits per heavy atom. The minimum atomic E-state index is -4.33. The van der Waals surface area contributed by atoms with Crippen LogP contribution in [0, 0.1) is 6.92 Å². The Kier molecular flexibility index (Phi) is 11.4. The maximum atomic E-state index is 14.4. The van der Waals surface area contributed by atoms with E-state index in [-0.39, 0.29) is 17.5 Å². The number of hydrogen-bond acceptors (Lipinski definition) is 9. The van der Waals surface area contributed by atoms with E-state index in [0.717, 1.165) is 49.7 Å². The quantitative estimate of drug-likeness (QED) is 0.117. The van der Waals surface area contributed by atoms with E-state index >= 15 is 0 Å². The number of pyridine rings is 1. The summed E-state index contributed by atoms with van der Waals surface area (Å²) in [6, 6.07) is 32.8. The van der Waals surface area contributed by atoms with Crippen molar-refractivity contribution in [2.24, 2.45) is 0 Å². The van der Waals surface area contributed by atoms with Gasteiger partial charge in [0.05, 0.1) is 18.1 Å². The second kappa shape index (κ2) is 16.5. The fourth-order valence-electron chi connectivity index (χ4n) is 6.12. The number of aromatic nitrogens is 1. The Morgan fingerprint density at radius 2 is 1.19 bits per heavy atom. The number of nitrogens with zero attached hydrogens (tertiary/aromatic N) is 1. The molecular weight excluding hydrogens is 699 g/mol. The Balaban J connectivity index is 1.33. The lowest BCUT2D eigenvalue weighted by Gasteiger charge is -2.39. The van der Waals surface area contributed by atoms with Crippen molar-refractivity contribution in [3.63, 3.8) is 0 Å². The van der Waals surface area contributed by atoms with Crippen LogP contribution in [0.3, 0.4) is 0 Å². The lowest BCUT2D eigenvalue weighted by atomic mass is 10.2. The smallest absolute Gasteiger partial charge is 0.307 e. The van der Waals surface area contributed by atoms with Crippen LogP contribution in [0.4, 0.5) is 0 Å². The number of ether oxygens (including phenoxy) is 5. The van der Waals surface area contributed by atoms with Gasteiger partial charge in [-0.2, -0.15) is 8.42 Å². The number of benzene rings is 4. The molecule has 4 aromatic carbocycles. The van der Waals surface area contributed by atoms with Crippen LogP contribution in [0.5, 0.6) is 17.2 Å². The van der Waals surface area contributed by atoms with E-state index in [4.69, 9.17) is 27.3 Å². The Hall–Kier alpha value is -4.39. The summed E-state index contributed by atoms with van der Waals surface area (Å²) in [5.41, 5.74) is 1.89. The largest absolute Gasteiger partial charge is 0.489 e. The molecule has 0 radical (unpaired) electrons. The molecule has 272 valence electrons. The summed E-state index contributed by atoms with van der Waals surface area (Å²) in [5, 5.41) is 0. The third-order valence-electron chi connectivity index (χ3n) is 8.92. The molecule has 2 atom stereocenters. The fourth-order valence-corrected chi connectivity index (χ4v) is 11.3. The monoisotopic (exact) mass is 741 g/mol. The first kappa shape index (κ1) is 36.0. The highest BCUT2D eigenvalue weighted by Gasteiger charge is 2.39. The van der Waals surface area contributed by atoms with E-state index in [2.05, 4.69) is 4.98 Å². The fraction of sp³-hybridized carbons (Fsp3) is 0.293.